The number of aliphatic imine (C=N–C) groups is 1. The van der Waals surface area contributed by atoms with Crippen LogP contribution in [0.1, 0.15) is 35.7 Å². The van der Waals surface area contributed by atoms with Crippen molar-refractivity contribution in [3.05, 3.63) is 53.9 Å². The number of unbranched alkanes of at least 4 members (excludes halogenated alkanes) is 1. The number of hydrogen-bond acceptors (Lipinski definition) is 5. The minimum absolute atomic E-state index is 0.0148. The van der Waals surface area contributed by atoms with E-state index in [2.05, 4.69) is 42.3 Å². The number of hydrogen-bond donors (Lipinski definition) is 2. The maximum atomic E-state index is 12.1. The van der Waals surface area contributed by atoms with Crippen LogP contribution >= 0.6 is 0 Å². The number of anilines is 1. The molecule has 0 spiro atoms. The lowest BCUT2D eigenvalue weighted by atomic mass is 10.1. The van der Waals surface area contributed by atoms with E-state index in [0.717, 1.165) is 63.0 Å². The molecule has 1 aliphatic heterocycles. The second-order valence-electron chi connectivity index (χ2n) is 7.23. The van der Waals surface area contributed by atoms with Crippen molar-refractivity contribution in [3.63, 3.8) is 0 Å². The lowest BCUT2D eigenvalue weighted by molar-refractivity contribution is 0.0953. The van der Waals surface area contributed by atoms with Crippen LogP contribution in [0.2, 0.25) is 0 Å². The van der Waals surface area contributed by atoms with Gasteiger partial charge in [-0.2, -0.15) is 0 Å². The minimum atomic E-state index is -0.0148. The van der Waals surface area contributed by atoms with Crippen molar-refractivity contribution in [1.82, 2.24) is 25.5 Å². The summed E-state index contributed by atoms with van der Waals surface area (Å²) in [6, 6.07) is 9.55. The average molecular weight is 410 g/mol. The van der Waals surface area contributed by atoms with E-state index in [1.165, 1.54) is 0 Å². The maximum absolute atomic E-state index is 12.1. The van der Waals surface area contributed by atoms with Crippen LogP contribution in [0.25, 0.3) is 0 Å². The van der Waals surface area contributed by atoms with Crippen LogP contribution in [0, 0.1) is 0 Å². The molecule has 30 heavy (non-hydrogen) atoms. The quantitative estimate of drug-likeness (QED) is 0.413. The lowest BCUT2D eigenvalue weighted by Gasteiger charge is -2.36. The first-order valence-electron chi connectivity index (χ1n) is 10.6. The molecule has 0 saturated carbocycles. The summed E-state index contributed by atoms with van der Waals surface area (Å²) in [4.78, 5) is 29.6. The van der Waals surface area contributed by atoms with Gasteiger partial charge in [0.1, 0.15) is 0 Å². The summed E-state index contributed by atoms with van der Waals surface area (Å²) >= 11 is 0. The first kappa shape index (κ1) is 21.5. The van der Waals surface area contributed by atoms with E-state index in [9.17, 15) is 4.79 Å². The van der Waals surface area contributed by atoms with E-state index in [4.69, 9.17) is 0 Å². The van der Waals surface area contributed by atoms with E-state index in [0.29, 0.717) is 12.1 Å². The van der Waals surface area contributed by atoms with E-state index in [-0.39, 0.29) is 5.91 Å². The van der Waals surface area contributed by atoms with Gasteiger partial charge in [0.2, 0.25) is 5.95 Å². The fourth-order valence-electron chi connectivity index (χ4n) is 3.34. The Labute approximate surface area is 178 Å². The zero-order valence-corrected chi connectivity index (χ0v) is 17.8. The zero-order valence-electron chi connectivity index (χ0n) is 17.8. The largest absolute Gasteiger partial charge is 0.352 e. The van der Waals surface area contributed by atoms with Gasteiger partial charge in [-0.15, -0.1) is 0 Å². The SMILES string of the molecule is CCCCNC(=O)c1ccc(CNC(=NC)N2CCN(c3ncccn3)CC2)cc1. The average Bonchev–Trinajstić information content (AvgIpc) is 2.81. The first-order valence-corrected chi connectivity index (χ1v) is 10.6. The number of nitrogens with zero attached hydrogens (tertiary/aromatic N) is 5. The van der Waals surface area contributed by atoms with Gasteiger partial charge in [-0.25, -0.2) is 9.97 Å². The summed E-state index contributed by atoms with van der Waals surface area (Å²) in [5.74, 6) is 1.64. The van der Waals surface area contributed by atoms with Crippen molar-refractivity contribution in [2.75, 3.05) is 44.7 Å². The van der Waals surface area contributed by atoms with Crippen LogP contribution in [0.4, 0.5) is 5.95 Å². The molecule has 8 nitrogen and oxygen atoms in total. The number of guanidine groups is 1. The van der Waals surface area contributed by atoms with E-state index in [1.54, 1.807) is 19.4 Å². The molecule has 1 fully saturated rings. The monoisotopic (exact) mass is 409 g/mol. The molecule has 160 valence electrons. The third kappa shape index (κ3) is 5.92. The highest BCUT2D eigenvalue weighted by Gasteiger charge is 2.21. The van der Waals surface area contributed by atoms with Gasteiger partial charge in [0, 0.05) is 64.3 Å². The lowest BCUT2D eigenvalue weighted by Crippen LogP contribution is -2.52. The van der Waals surface area contributed by atoms with Gasteiger partial charge in [0.15, 0.2) is 5.96 Å². The number of piperazine rings is 1. The molecular formula is C22H31N7O. The Morgan fingerprint density at radius 1 is 1.07 bits per heavy atom. The second kappa shape index (κ2) is 11.1. The predicted molar refractivity (Wildman–Crippen MR) is 120 cm³/mol. The summed E-state index contributed by atoms with van der Waals surface area (Å²) in [7, 11) is 1.80. The number of amides is 1. The molecule has 2 aromatic rings. The van der Waals surface area contributed by atoms with Crippen molar-refractivity contribution in [1.29, 1.82) is 0 Å². The molecule has 1 amide bonds. The van der Waals surface area contributed by atoms with Gasteiger partial charge < -0.3 is 20.4 Å². The zero-order chi connectivity index (χ0) is 21.2. The number of aromatic nitrogens is 2. The maximum Gasteiger partial charge on any atom is 0.251 e. The van der Waals surface area contributed by atoms with E-state index in [1.807, 2.05) is 30.3 Å². The molecule has 0 unspecified atom stereocenters. The minimum Gasteiger partial charge on any atom is -0.352 e. The molecule has 1 aromatic carbocycles. The molecule has 8 heteroatoms. The Balaban J connectivity index is 1.47. The Kier molecular flexibility index (Phi) is 8.00. The normalized spacial score (nSPS) is 14.5. The van der Waals surface area contributed by atoms with Gasteiger partial charge >= 0.3 is 0 Å². The van der Waals surface area contributed by atoms with Gasteiger partial charge in [0.25, 0.3) is 5.91 Å². The van der Waals surface area contributed by atoms with E-state index < -0.39 is 0 Å². The topological polar surface area (TPSA) is 85.8 Å². The van der Waals surface area contributed by atoms with Gasteiger partial charge in [-0.1, -0.05) is 25.5 Å². The summed E-state index contributed by atoms with van der Waals surface area (Å²) in [5.41, 5.74) is 1.80. The summed E-state index contributed by atoms with van der Waals surface area (Å²) in [5, 5.41) is 6.37. The van der Waals surface area contributed by atoms with Gasteiger partial charge in [-0.3, -0.25) is 9.79 Å². The third-order valence-corrected chi connectivity index (χ3v) is 5.11. The van der Waals surface area contributed by atoms with Crippen LogP contribution in [0.5, 0.6) is 0 Å². The number of rotatable bonds is 7. The molecule has 2 N–H and O–H groups in total. The molecule has 0 radical (unpaired) electrons. The highest BCUT2D eigenvalue weighted by atomic mass is 16.1. The summed E-state index contributed by atoms with van der Waals surface area (Å²) < 4.78 is 0. The predicted octanol–water partition coefficient (Wildman–Crippen LogP) is 1.90. The molecule has 1 aliphatic rings. The number of carbonyl (C=O) groups is 1. The molecule has 1 saturated heterocycles. The van der Waals surface area contributed by atoms with Crippen LogP contribution in [0.3, 0.4) is 0 Å². The number of carbonyl (C=O) groups excluding carboxylic acids is 1. The summed E-state index contributed by atoms with van der Waals surface area (Å²) in [6.45, 7) is 6.91. The van der Waals surface area contributed by atoms with Crippen molar-refractivity contribution >= 4 is 17.8 Å². The Bertz CT molecular complexity index is 815. The number of benzene rings is 1. The summed E-state index contributed by atoms with van der Waals surface area (Å²) in [6.07, 6.45) is 5.62. The smallest absolute Gasteiger partial charge is 0.251 e. The molecule has 3 rings (SSSR count). The molecule has 0 bridgehead atoms. The fraction of sp³-hybridized carbons (Fsp3) is 0.455. The van der Waals surface area contributed by atoms with E-state index >= 15 is 0 Å². The van der Waals surface area contributed by atoms with Crippen molar-refractivity contribution in [2.24, 2.45) is 4.99 Å². The van der Waals surface area contributed by atoms with Crippen LogP contribution < -0.4 is 15.5 Å². The molecular weight excluding hydrogens is 378 g/mol. The molecule has 1 aromatic heterocycles. The van der Waals surface area contributed by atoms with Crippen LogP contribution in [0.15, 0.2) is 47.7 Å². The van der Waals surface area contributed by atoms with Gasteiger partial charge in [-0.05, 0) is 30.2 Å². The van der Waals surface area contributed by atoms with Crippen molar-refractivity contribution in [2.45, 2.75) is 26.3 Å². The van der Waals surface area contributed by atoms with Gasteiger partial charge in [0.05, 0.1) is 0 Å². The van der Waals surface area contributed by atoms with Crippen molar-refractivity contribution in [3.8, 4) is 0 Å². The highest BCUT2D eigenvalue weighted by Crippen LogP contribution is 2.10. The number of nitrogens with one attached hydrogen (secondary N) is 2. The Morgan fingerprint density at radius 2 is 1.77 bits per heavy atom. The Hall–Kier alpha value is -3.16. The molecule has 2 heterocycles. The first-order chi connectivity index (χ1) is 14.7. The highest BCUT2D eigenvalue weighted by molar-refractivity contribution is 5.94. The van der Waals surface area contributed by atoms with Crippen LogP contribution in [-0.2, 0) is 6.54 Å². The Morgan fingerprint density at radius 3 is 2.40 bits per heavy atom. The second-order valence-corrected chi connectivity index (χ2v) is 7.23. The third-order valence-electron chi connectivity index (χ3n) is 5.11. The fourth-order valence-corrected chi connectivity index (χ4v) is 3.34. The molecule has 0 atom stereocenters. The van der Waals surface area contributed by atoms with Crippen LogP contribution in [-0.4, -0.2) is 66.5 Å². The molecule has 0 aliphatic carbocycles. The van der Waals surface area contributed by atoms with Crippen molar-refractivity contribution < 1.29 is 4.79 Å². The standard InChI is InChI=1S/C22H31N7O/c1-3-4-10-24-20(30)19-8-6-18(7-9-19)17-27-21(23-2)28-13-15-29(16-14-28)22-25-11-5-12-26-22/h5-9,11-12H,3-4,10,13-17H2,1-2H3,(H,23,27)(H,24,30).